The smallest absolute Gasteiger partial charge is 0.121 e. The Morgan fingerprint density at radius 2 is 2.31 bits per heavy atom. The second-order valence-corrected chi connectivity index (χ2v) is 4.85. The van der Waals surface area contributed by atoms with Gasteiger partial charge in [-0.1, -0.05) is 13.8 Å². The molecule has 1 heterocycles. The van der Waals surface area contributed by atoms with Crippen LogP contribution in [0.25, 0.3) is 0 Å². The zero-order valence-corrected chi connectivity index (χ0v) is 9.23. The minimum absolute atomic E-state index is 0.336. The van der Waals surface area contributed by atoms with E-state index in [4.69, 9.17) is 4.42 Å². The van der Waals surface area contributed by atoms with E-state index in [-0.39, 0.29) is 0 Å². The molecule has 1 aromatic heterocycles. The highest BCUT2D eigenvalue weighted by Gasteiger charge is 2.12. The number of rotatable bonds is 5. The Bertz CT molecular complexity index is 221. The van der Waals surface area contributed by atoms with Crippen LogP contribution in [0.4, 0.5) is 0 Å². The summed E-state index contributed by atoms with van der Waals surface area (Å²) in [6, 6.07) is 4.28. The van der Waals surface area contributed by atoms with Crippen molar-refractivity contribution in [1.82, 2.24) is 5.32 Å². The Kier molecular flexibility index (Phi) is 4.39. The normalized spacial score (nSPS) is 13.5. The van der Waals surface area contributed by atoms with E-state index in [2.05, 4.69) is 19.2 Å². The fourth-order valence-corrected chi connectivity index (χ4v) is 1.99. The molecule has 2 nitrogen and oxygen atoms in total. The zero-order valence-electron chi connectivity index (χ0n) is 8.41. The summed E-state index contributed by atoms with van der Waals surface area (Å²) >= 11 is 1.94. The summed E-state index contributed by atoms with van der Waals surface area (Å²) in [5.74, 6) is 2.08. The van der Waals surface area contributed by atoms with Crippen LogP contribution in [0, 0.1) is 0 Å². The summed E-state index contributed by atoms with van der Waals surface area (Å²) in [5.41, 5.74) is 0. The topological polar surface area (TPSA) is 25.2 Å². The molecule has 1 atom stereocenters. The summed E-state index contributed by atoms with van der Waals surface area (Å²) in [5, 5.41) is 3.92. The fraction of sp³-hybridized carbons (Fsp3) is 0.600. The molecular formula is C10H17NOS. The lowest BCUT2D eigenvalue weighted by Gasteiger charge is -2.14. The molecule has 0 radical (unpaired) electrons. The first-order chi connectivity index (χ1) is 6.24. The van der Waals surface area contributed by atoms with Crippen molar-refractivity contribution in [2.75, 3.05) is 12.8 Å². The maximum absolute atomic E-state index is 5.34. The highest BCUT2D eigenvalue weighted by molar-refractivity contribution is 7.99. The first-order valence-electron chi connectivity index (χ1n) is 4.56. The number of hydrogen-bond acceptors (Lipinski definition) is 3. The second-order valence-electron chi connectivity index (χ2n) is 3.24. The van der Waals surface area contributed by atoms with Gasteiger partial charge in [0.05, 0.1) is 12.3 Å². The average Bonchev–Trinajstić information content (AvgIpc) is 2.58. The third-order valence-electron chi connectivity index (χ3n) is 1.83. The van der Waals surface area contributed by atoms with Crippen molar-refractivity contribution in [2.24, 2.45) is 0 Å². The Morgan fingerprint density at radius 1 is 1.54 bits per heavy atom. The van der Waals surface area contributed by atoms with Crippen molar-refractivity contribution >= 4 is 11.8 Å². The van der Waals surface area contributed by atoms with Crippen molar-refractivity contribution in [2.45, 2.75) is 25.1 Å². The van der Waals surface area contributed by atoms with Crippen LogP contribution in [-0.4, -0.2) is 18.1 Å². The van der Waals surface area contributed by atoms with Crippen LogP contribution in [0.15, 0.2) is 22.8 Å². The number of thioether (sulfide) groups is 1. The van der Waals surface area contributed by atoms with Crippen molar-refractivity contribution in [1.29, 1.82) is 0 Å². The molecule has 0 saturated heterocycles. The minimum Gasteiger partial charge on any atom is -0.468 e. The van der Waals surface area contributed by atoms with Crippen LogP contribution in [0.1, 0.15) is 25.6 Å². The largest absolute Gasteiger partial charge is 0.468 e. The molecule has 0 fully saturated rings. The van der Waals surface area contributed by atoms with Crippen LogP contribution in [0.5, 0.6) is 0 Å². The Labute approximate surface area is 84.1 Å². The summed E-state index contributed by atoms with van der Waals surface area (Å²) in [6.45, 7) is 4.42. The van der Waals surface area contributed by atoms with E-state index >= 15 is 0 Å². The van der Waals surface area contributed by atoms with Gasteiger partial charge in [0.15, 0.2) is 0 Å². The van der Waals surface area contributed by atoms with E-state index < -0.39 is 0 Å². The molecule has 0 aliphatic heterocycles. The van der Waals surface area contributed by atoms with Crippen LogP contribution in [0.3, 0.4) is 0 Å². The average molecular weight is 199 g/mol. The highest BCUT2D eigenvalue weighted by Crippen LogP contribution is 2.20. The standard InChI is InChI=1S/C10H17NOS/c1-8(2)13-7-9(11-3)10-5-4-6-12-10/h4-6,8-9,11H,7H2,1-3H3. The predicted molar refractivity (Wildman–Crippen MR) is 58.1 cm³/mol. The van der Waals surface area contributed by atoms with Gasteiger partial charge in [0.1, 0.15) is 5.76 Å². The van der Waals surface area contributed by atoms with Crippen LogP contribution in [0.2, 0.25) is 0 Å². The summed E-state index contributed by atoms with van der Waals surface area (Å²) < 4.78 is 5.34. The van der Waals surface area contributed by atoms with Gasteiger partial charge in [-0.05, 0) is 24.4 Å². The lowest BCUT2D eigenvalue weighted by Crippen LogP contribution is -2.18. The van der Waals surface area contributed by atoms with Gasteiger partial charge in [0.2, 0.25) is 0 Å². The van der Waals surface area contributed by atoms with Gasteiger partial charge in [-0.3, -0.25) is 0 Å². The molecular weight excluding hydrogens is 182 g/mol. The SMILES string of the molecule is CNC(CSC(C)C)c1ccco1. The lowest BCUT2D eigenvalue weighted by atomic mass is 10.2. The highest BCUT2D eigenvalue weighted by atomic mass is 32.2. The van der Waals surface area contributed by atoms with Gasteiger partial charge in [-0.2, -0.15) is 11.8 Å². The van der Waals surface area contributed by atoms with E-state index in [9.17, 15) is 0 Å². The molecule has 1 unspecified atom stereocenters. The molecule has 0 aromatic carbocycles. The number of furan rings is 1. The summed E-state index contributed by atoms with van der Waals surface area (Å²) in [6.07, 6.45) is 1.72. The first kappa shape index (κ1) is 10.7. The number of hydrogen-bond donors (Lipinski definition) is 1. The molecule has 13 heavy (non-hydrogen) atoms. The Morgan fingerprint density at radius 3 is 2.77 bits per heavy atom. The van der Waals surface area contributed by atoms with Gasteiger partial charge >= 0.3 is 0 Å². The maximum atomic E-state index is 5.34. The summed E-state index contributed by atoms with van der Waals surface area (Å²) in [4.78, 5) is 0. The molecule has 1 N–H and O–H groups in total. The van der Waals surface area contributed by atoms with Crippen LogP contribution < -0.4 is 5.32 Å². The molecule has 0 saturated carbocycles. The van der Waals surface area contributed by atoms with Gasteiger partial charge < -0.3 is 9.73 Å². The van der Waals surface area contributed by atoms with Crippen LogP contribution in [-0.2, 0) is 0 Å². The molecule has 0 aliphatic rings. The monoisotopic (exact) mass is 199 g/mol. The van der Waals surface area contributed by atoms with E-state index in [0.29, 0.717) is 11.3 Å². The quantitative estimate of drug-likeness (QED) is 0.789. The second kappa shape index (κ2) is 5.35. The predicted octanol–water partition coefficient (Wildman–Crippen LogP) is 2.68. The van der Waals surface area contributed by atoms with Crippen molar-refractivity contribution in [3.63, 3.8) is 0 Å². The summed E-state index contributed by atoms with van der Waals surface area (Å²) in [7, 11) is 1.97. The first-order valence-corrected chi connectivity index (χ1v) is 5.61. The molecule has 0 bridgehead atoms. The van der Waals surface area contributed by atoms with E-state index in [0.717, 1.165) is 11.5 Å². The molecule has 3 heteroatoms. The van der Waals surface area contributed by atoms with Crippen molar-refractivity contribution in [3.05, 3.63) is 24.2 Å². The molecule has 1 aromatic rings. The van der Waals surface area contributed by atoms with Gasteiger partial charge in [0, 0.05) is 5.75 Å². The fourth-order valence-electron chi connectivity index (χ4n) is 1.09. The third kappa shape index (κ3) is 3.44. The Hall–Kier alpha value is -0.410. The Balaban J connectivity index is 2.44. The number of nitrogens with one attached hydrogen (secondary N) is 1. The van der Waals surface area contributed by atoms with Crippen LogP contribution >= 0.6 is 11.8 Å². The van der Waals surface area contributed by atoms with E-state index in [1.807, 2.05) is 30.9 Å². The van der Waals surface area contributed by atoms with Crippen molar-refractivity contribution < 1.29 is 4.42 Å². The maximum Gasteiger partial charge on any atom is 0.121 e. The van der Waals surface area contributed by atoms with Gasteiger partial charge in [-0.15, -0.1) is 0 Å². The molecule has 0 aliphatic carbocycles. The van der Waals surface area contributed by atoms with E-state index in [1.165, 1.54) is 0 Å². The third-order valence-corrected chi connectivity index (χ3v) is 3.02. The van der Waals surface area contributed by atoms with Gasteiger partial charge in [-0.25, -0.2) is 0 Å². The van der Waals surface area contributed by atoms with Crippen molar-refractivity contribution in [3.8, 4) is 0 Å². The molecule has 0 spiro atoms. The van der Waals surface area contributed by atoms with Gasteiger partial charge in [0.25, 0.3) is 0 Å². The molecule has 1 rings (SSSR count). The molecule has 74 valence electrons. The minimum atomic E-state index is 0.336. The lowest BCUT2D eigenvalue weighted by molar-refractivity contribution is 0.453. The molecule has 0 amide bonds. The zero-order chi connectivity index (χ0) is 9.68. The van der Waals surface area contributed by atoms with E-state index in [1.54, 1.807) is 6.26 Å².